The smallest absolute Gasteiger partial charge is 0.217 e. The van der Waals surface area contributed by atoms with Crippen molar-refractivity contribution in [3.63, 3.8) is 0 Å². The molecule has 0 aromatic carbocycles. The Morgan fingerprint density at radius 1 is 1.33 bits per heavy atom. The van der Waals surface area contributed by atoms with E-state index < -0.39 is 16.5 Å². The average Bonchev–Trinajstić information content (AvgIpc) is 1.99. The van der Waals surface area contributed by atoms with Gasteiger partial charge in [0.2, 0.25) is 10.4 Å². The highest BCUT2D eigenvalue weighted by atomic mass is 32.3. The van der Waals surface area contributed by atoms with Crippen molar-refractivity contribution in [1.29, 1.82) is 0 Å². The van der Waals surface area contributed by atoms with E-state index >= 15 is 0 Å². The fraction of sp³-hybridized carbons (Fsp3) is 1.00. The molecule has 15 heavy (non-hydrogen) atoms. The third kappa shape index (κ3) is 4.09. The maximum absolute atomic E-state index is 10.6. The Hall–Kier alpha value is -0.130. The summed E-state index contributed by atoms with van der Waals surface area (Å²) in [4.78, 5) is 0. The zero-order valence-corrected chi connectivity index (χ0v) is 10.3. The molecule has 5 heteroatoms. The highest BCUT2D eigenvalue weighted by molar-refractivity contribution is 7.80. The lowest BCUT2D eigenvalue weighted by Gasteiger charge is -2.37. The number of hydrogen-bond donors (Lipinski definition) is 0. The predicted molar refractivity (Wildman–Crippen MR) is 55.9 cm³/mol. The summed E-state index contributed by atoms with van der Waals surface area (Å²) in [6.45, 7) is 6.13. The molecule has 0 aliphatic heterocycles. The maximum Gasteiger partial charge on any atom is 0.217 e. The molecule has 0 aromatic heterocycles. The van der Waals surface area contributed by atoms with Crippen molar-refractivity contribution in [2.24, 2.45) is 17.8 Å². The van der Waals surface area contributed by atoms with E-state index in [1.54, 1.807) is 0 Å². The Bertz CT molecular complexity index is 297. The van der Waals surface area contributed by atoms with Gasteiger partial charge in [-0.2, -0.15) is 0 Å². The highest BCUT2D eigenvalue weighted by Gasteiger charge is 2.32. The van der Waals surface area contributed by atoms with Crippen molar-refractivity contribution in [3.05, 3.63) is 0 Å². The van der Waals surface area contributed by atoms with E-state index in [9.17, 15) is 13.0 Å². The van der Waals surface area contributed by atoms with Gasteiger partial charge in [-0.15, -0.1) is 0 Å². The van der Waals surface area contributed by atoms with Crippen molar-refractivity contribution in [2.45, 2.75) is 46.1 Å². The SMILES string of the molecule is CC(C)[C@H]1CC[C@H](C)C[C@@H]1OS(=O)(=O)[O-]. The van der Waals surface area contributed by atoms with Crippen LogP contribution in [0.3, 0.4) is 0 Å². The molecular formula is C10H19O4S-. The molecule has 1 saturated carbocycles. The van der Waals surface area contributed by atoms with Crippen LogP contribution in [0.2, 0.25) is 0 Å². The normalized spacial score (nSPS) is 33.3. The van der Waals surface area contributed by atoms with Gasteiger partial charge >= 0.3 is 0 Å². The minimum absolute atomic E-state index is 0.185. The van der Waals surface area contributed by atoms with Gasteiger partial charge in [-0.3, -0.25) is 4.18 Å². The molecule has 0 aromatic rings. The second kappa shape index (κ2) is 4.80. The molecule has 0 saturated heterocycles. The molecule has 0 heterocycles. The summed E-state index contributed by atoms with van der Waals surface area (Å²) < 4.78 is 36.4. The standard InChI is InChI=1S/C10H20O4S/c1-7(2)9-5-4-8(3)6-10(9)14-15(11,12)13/h7-10H,4-6H2,1-3H3,(H,11,12,13)/p-1/t8-,9+,10-/m0/s1. The van der Waals surface area contributed by atoms with Gasteiger partial charge in [-0.25, -0.2) is 8.42 Å². The van der Waals surface area contributed by atoms with E-state index in [2.05, 4.69) is 11.1 Å². The molecule has 0 spiro atoms. The van der Waals surface area contributed by atoms with Gasteiger partial charge in [-0.05, 0) is 30.6 Å². The molecule has 1 aliphatic rings. The van der Waals surface area contributed by atoms with Crippen LogP contribution in [0.5, 0.6) is 0 Å². The van der Waals surface area contributed by atoms with Crippen molar-refractivity contribution in [3.8, 4) is 0 Å². The molecular weight excluding hydrogens is 216 g/mol. The van der Waals surface area contributed by atoms with E-state index in [0.29, 0.717) is 18.3 Å². The largest absolute Gasteiger partial charge is 0.726 e. The Kier molecular flexibility index (Phi) is 4.14. The lowest BCUT2D eigenvalue weighted by Crippen LogP contribution is -2.35. The van der Waals surface area contributed by atoms with E-state index in [-0.39, 0.29) is 5.92 Å². The minimum Gasteiger partial charge on any atom is -0.726 e. The Labute approximate surface area is 92.0 Å². The molecule has 0 amide bonds. The van der Waals surface area contributed by atoms with Crippen LogP contribution in [0, 0.1) is 17.8 Å². The maximum atomic E-state index is 10.6. The second-order valence-electron chi connectivity index (χ2n) is 4.87. The third-order valence-corrected chi connectivity index (χ3v) is 3.69. The summed E-state index contributed by atoms with van der Waals surface area (Å²) in [5.74, 6) is 0.973. The lowest BCUT2D eigenvalue weighted by molar-refractivity contribution is 0.0412. The van der Waals surface area contributed by atoms with Gasteiger partial charge < -0.3 is 4.55 Å². The summed E-state index contributed by atoms with van der Waals surface area (Å²) in [6, 6.07) is 0. The molecule has 1 aliphatic carbocycles. The molecule has 0 unspecified atom stereocenters. The van der Waals surface area contributed by atoms with Crippen molar-refractivity contribution in [1.82, 2.24) is 0 Å². The molecule has 3 atom stereocenters. The van der Waals surface area contributed by atoms with Gasteiger partial charge in [0, 0.05) is 0 Å². The van der Waals surface area contributed by atoms with Crippen LogP contribution in [0.15, 0.2) is 0 Å². The first-order valence-corrected chi connectivity index (χ1v) is 6.77. The molecule has 0 bridgehead atoms. The lowest BCUT2D eigenvalue weighted by atomic mass is 9.75. The summed E-state index contributed by atoms with van der Waals surface area (Å²) >= 11 is 0. The first-order valence-electron chi connectivity index (χ1n) is 5.43. The Morgan fingerprint density at radius 3 is 2.40 bits per heavy atom. The second-order valence-corrected chi connectivity index (χ2v) is 5.88. The Balaban J connectivity index is 2.70. The van der Waals surface area contributed by atoms with Crippen LogP contribution in [-0.2, 0) is 14.6 Å². The van der Waals surface area contributed by atoms with Crippen LogP contribution in [0.4, 0.5) is 0 Å². The summed E-state index contributed by atoms with van der Waals surface area (Å²) in [5.41, 5.74) is 0. The number of rotatable bonds is 3. The predicted octanol–water partition coefficient (Wildman–Crippen LogP) is 1.92. The van der Waals surface area contributed by atoms with Crippen LogP contribution in [0.25, 0.3) is 0 Å². The van der Waals surface area contributed by atoms with Crippen molar-refractivity contribution >= 4 is 10.4 Å². The van der Waals surface area contributed by atoms with Crippen LogP contribution in [0.1, 0.15) is 40.0 Å². The highest BCUT2D eigenvalue weighted by Crippen LogP contribution is 2.35. The molecule has 4 nitrogen and oxygen atoms in total. The van der Waals surface area contributed by atoms with Gasteiger partial charge in [0.25, 0.3) is 0 Å². The minimum atomic E-state index is -4.56. The van der Waals surface area contributed by atoms with Gasteiger partial charge in [0.1, 0.15) is 0 Å². The van der Waals surface area contributed by atoms with Gasteiger partial charge in [0.05, 0.1) is 6.10 Å². The molecule has 1 rings (SSSR count). The van der Waals surface area contributed by atoms with Crippen LogP contribution in [-0.4, -0.2) is 19.1 Å². The van der Waals surface area contributed by atoms with E-state index in [1.165, 1.54) is 0 Å². The van der Waals surface area contributed by atoms with Crippen molar-refractivity contribution in [2.75, 3.05) is 0 Å². The topological polar surface area (TPSA) is 66.4 Å². The molecule has 0 N–H and O–H groups in total. The summed E-state index contributed by atoms with van der Waals surface area (Å²) in [5, 5.41) is 0. The summed E-state index contributed by atoms with van der Waals surface area (Å²) in [6.07, 6.45) is 2.28. The van der Waals surface area contributed by atoms with E-state index in [4.69, 9.17) is 0 Å². The Morgan fingerprint density at radius 2 is 1.93 bits per heavy atom. The van der Waals surface area contributed by atoms with Crippen LogP contribution >= 0.6 is 0 Å². The fourth-order valence-electron chi connectivity index (χ4n) is 2.38. The molecule has 0 radical (unpaired) electrons. The zero-order valence-electron chi connectivity index (χ0n) is 9.47. The monoisotopic (exact) mass is 235 g/mol. The zero-order chi connectivity index (χ0) is 11.6. The quantitative estimate of drug-likeness (QED) is 0.553. The molecule has 1 fully saturated rings. The fourth-order valence-corrected chi connectivity index (χ4v) is 2.90. The molecule has 90 valence electrons. The van der Waals surface area contributed by atoms with E-state index in [1.807, 2.05) is 13.8 Å². The van der Waals surface area contributed by atoms with E-state index in [0.717, 1.165) is 12.8 Å². The number of hydrogen-bond acceptors (Lipinski definition) is 4. The average molecular weight is 235 g/mol. The van der Waals surface area contributed by atoms with Gasteiger partial charge in [-0.1, -0.05) is 27.2 Å². The van der Waals surface area contributed by atoms with Gasteiger partial charge in [0.15, 0.2) is 0 Å². The summed E-state index contributed by atoms with van der Waals surface area (Å²) in [7, 11) is -4.56. The first-order chi connectivity index (χ1) is 6.79. The first kappa shape index (κ1) is 12.9. The third-order valence-electron chi connectivity index (χ3n) is 3.20. The van der Waals surface area contributed by atoms with Crippen molar-refractivity contribution < 1.29 is 17.2 Å². The van der Waals surface area contributed by atoms with Crippen LogP contribution < -0.4 is 0 Å².